The normalized spacial score (nSPS) is 10.3. The molecular formula is C16H24ClNO2. The number of nitrogens with one attached hydrogen (secondary N) is 1. The van der Waals surface area contributed by atoms with Crippen molar-refractivity contribution >= 4 is 12.4 Å². The summed E-state index contributed by atoms with van der Waals surface area (Å²) in [6, 6.07) is 5.85. The summed E-state index contributed by atoms with van der Waals surface area (Å²) < 4.78 is 10.9. The zero-order chi connectivity index (χ0) is 14.3. The summed E-state index contributed by atoms with van der Waals surface area (Å²) in [5.74, 6) is 3.92. The van der Waals surface area contributed by atoms with Crippen molar-refractivity contribution in [3.63, 3.8) is 0 Å². The highest BCUT2D eigenvalue weighted by molar-refractivity contribution is 5.85. The van der Waals surface area contributed by atoms with Gasteiger partial charge in [-0.2, -0.15) is 0 Å². The second kappa shape index (κ2) is 8.73. The Bertz CT molecular complexity index is 452. The Balaban J connectivity index is 0.00000361. The molecule has 1 N–H and O–H groups in total. The van der Waals surface area contributed by atoms with Gasteiger partial charge >= 0.3 is 0 Å². The molecule has 0 saturated carbocycles. The van der Waals surface area contributed by atoms with E-state index in [-0.39, 0.29) is 24.6 Å². The number of rotatable bonds is 7. The van der Waals surface area contributed by atoms with Gasteiger partial charge in [0.1, 0.15) is 6.61 Å². The van der Waals surface area contributed by atoms with Crippen molar-refractivity contribution in [1.29, 1.82) is 0 Å². The molecule has 20 heavy (non-hydrogen) atoms. The maximum atomic E-state index is 5.61. The lowest BCUT2D eigenvalue weighted by Crippen LogP contribution is -2.37. The van der Waals surface area contributed by atoms with Gasteiger partial charge in [-0.15, -0.1) is 18.8 Å². The van der Waals surface area contributed by atoms with Crippen molar-refractivity contribution in [2.24, 2.45) is 0 Å². The Hall–Kier alpha value is -1.37. The standard InChI is InChI=1S/C16H23NO2.ClH/c1-6-11-19-15-13(9-8-10-14(15)18-5)12-17-16(3,4)7-2;/h1,8-10,17H,7,11-12H2,2-5H3;1H. The van der Waals surface area contributed by atoms with Gasteiger partial charge in [0.05, 0.1) is 7.11 Å². The van der Waals surface area contributed by atoms with Gasteiger partial charge in [0, 0.05) is 17.6 Å². The predicted octanol–water partition coefficient (Wildman–Crippen LogP) is 3.41. The molecule has 0 radical (unpaired) electrons. The topological polar surface area (TPSA) is 30.5 Å². The lowest BCUT2D eigenvalue weighted by atomic mass is 10.0. The Labute approximate surface area is 128 Å². The minimum absolute atomic E-state index is 0. The van der Waals surface area contributed by atoms with Crippen molar-refractivity contribution in [2.75, 3.05) is 13.7 Å². The Morgan fingerprint density at radius 2 is 2.05 bits per heavy atom. The fraction of sp³-hybridized carbons (Fsp3) is 0.500. The zero-order valence-corrected chi connectivity index (χ0v) is 13.5. The second-order valence-corrected chi connectivity index (χ2v) is 5.03. The molecule has 0 saturated heterocycles. The van der Waals surface area contributed by atoms with Crippen molar-refractivity contribution < 1.29 is 9.47 Å². The van der Waals surface area contributed by atoms with E-state index in [1.165, 1.54) is 0 Å². The fourth-order valence-electron chi connectivity index (χ4n) is 1.60. The molecule has 0 spiro atoms. The number of benzene rings is 1. The predicted molar refractivity (Wildman–Crippen MR) is 85.8 cm³/mol. The van der Waals surface area contributed by atoms with Crippen LogP contribution in [0, 0.1) is 12.3 Å². The Kier molecular flexibility index (Phi) is 8.13. The molecule has 0 aliphatic rings. The Morgan fingerprint density at radius 3 is 2.60 bits per heavy atom. The molecule has 0 aromatic heterocycles. The van der Waals surface area contributed by atoms with Crippen LogP contribution in [-0.4, -0.2) is 19.3 Å². The van der Waals surface area contributed by atoms with Crippen LogP contribution >= 0.6 is 12.4 Å². The largest absolute Gasteiger partial charge is 0.493 e. The van der Waals surface area contributed by atoms with Gasteiger partial charge < -0.3 is 14.8 Å². The van der Waals surface area contributed by atoms with Gasteiger partial charge in [-0.1, -0.05) is 25.0 Å². The van der Waals surface area contributed by atoms with Crippen molar-refractivity contribution in [1.82, 2.24) is 5.32 Å². The molecule has 1 aromatic rings. The van der Waals surface area contributed by atoms with Gasteiger partial charge in [-0.25, -0.2) is 0 Å². The average Bonchev–Trinajstić information content (AvgIpc) is 2.43. The Morgan fingerprint density at radius 1 is 1.35 bits per heavy atom. The molecule has 1 aromatic carbocycles. The minimum Gasteiger partial charge on any atom is -0.493 e. The van der Waals surface area contributed by atoms with Gasteiger partial charge in [0.2, 0.25) is 0 Å². The molecule has 112 valence electrons. The van der Waals surface area contributed by atoms with Crippen LogP contribution in [0.4, 0.5) is 0 Å². The third-order valence-electron chi connectivity index (χ3n) is 3.22. The number of hydrogen-bond acceptors (Lipinski definition) is 3. The first-order valence-electron chi connectivity index (χ1n) is 6.51. The molecule has 0 fully saturated rings. The highest BCUT2D eigenvalue weighted by Crippen LogP contribution is 2.31. The van der Waals surface area contributed by atoms with E-state index in [1.807, 2.05) is 18.2 Å². The van der Waals surface area contributed by atoms with Crippen molar-refractivity contribution in [2.45, 2.75) is 39.3 Å². The molecule has 0 unspecified atom stereocenters. The van der Waals surface area contributed by atoms with Crippen LogP contribution < -0.4 is 14.8 Å². The first-order chi connectivity index (χ1) is 9.04. The summed E-state index contributed by atoms with van der Waals surface area (Å²) in [7, 11) is 1.63. The summed E-state index contributed by atoms with van der Waals surface area (Å²) in [5.41, 5.74) is 1.14. The number of halogens is 1. The molecule has 0 aliphatic heterocycles. The van der Waals surface area contributed by atoms with E-state index in [0.29, 0.717) is 5.75 Å². The smallest absolute Gasteiger partial charge is 0.167 e. The third kappa shape index (κ3) is 5.32. The SMILES string of the molecule is C#CCOc1c(CNC(C)(C)CC)cccc1OC.Cl. The van der Waals surface area contributed by atoms with E-state index >= 15 is 0 Å². The number of hydrogen-bond donors (Lipinski definition) is 1. The summed E-state index contributed by atoms with van der Waals surface area (Å²) in [5, 5.41) is 3.51. The van der Waals surface area contributed by atoms with Crippen LogP contribution in [0.1, 0.15) is 32.8 Å². The van der Waals surface area contributed by atoms with Crippen molar-refractivity contribution in [3.05, 3.63) is 23.8 Å². The fourth-order valence-corrected chi connectivity index (χ4v) is 1.60. The zero-order valence-electron chi connectivity index (χ0n) is 12.7. The maximum absolute atomic E-state index is 5.61. The lowest BCUT2D eigenvalue weighted by Gasteiger charge is -2.25. The first-order valence-corrected chi connectivity index (χ1v) is 6.51. The molecular weight excluding hydrogens is 274 g/mol. The highest BCUT2D eigenvalue weighted by atomic mass is 35.5. The van der Waals surface area contributed by atoms with Crippen LogP contribution in [0.3, 0.4) is 0 Å². The average molecular weight is 298 g/mol. The van der Waals surface area contributed by atoms with E-state index in [4.69, 9.17) is 15.9 Å². The summed E-state index contributed by atoms with van der Waals surface area (Å²) in [6.45, 7) is 7.47. The molecule has 1 rings (SSSR count). The van der Waals surface area contributed by atoms with Crippen LogP contribution in [-0.2, 0) is 6.54 Å². The summed E-state index contributed by atoms with van der Waals surface area (Å²) >= 11 is 0. The maximum Gasteiger partial charge on any atom is 0.167 e. The summed E-state index contributed by atoms with van der Waals surface area (Å²) in [4.78, 5) is 0. The van der Waals surface area contributed by atoms with Crippen LogP contribution in [0.5, 0.6) is 11.5 Å². The van der Waals surface area contributed by atoms with Gasteiger partial charge in [0.25, 0.3) is 0 Å². The third-order valence-corrected chi connectivity index (χ3v) is 3.22. The van der Waals surface area contributed by atoms with E-state index < -0.39 is 0 Å². The molecule has 0 atom stereocenters. The number of methoxy groups -OCH3 is 1. The second-order valence-electron chi connectivity index (χ2n) is 5.03. The highest BCUT2D eigenvalue weighted by Gasteiger charge is 2.16. The van der Waals surface area contributed by atoms with Gasteiger partial charge in [-0.3, -0.25) is 0 Å². The van der Waals surface area contributed by atoms with Gasteiger partial charge in [0.15, 0.2) is 11.5 Å². The van der Waals surface area contributed by atoms with Crippen molar-refractivity contribution in [3.8, 4) is 23.8 Å². The number of terminal acetylenes is 1. The molecule has 0 heterocycles. The van der Waals surface area contributed by atoms with Crippen LogP contribution in [0.25, 0.3) is 0 Å². The molecule has 0 bridgehead atoms. The van der Waals surface area contributed by atoms with Crippen LogP contribution in [0.2, 0.25) is 0 Å². The van der Waals surface area contributed by atoms with E-state index in [1.54, 1.807) is 7.11 Å². The number of para-hydroxylation sites is 1. The van der Waals surface area contributed by atoms with Gasteiger partial charge in [-0.05, 0) is 26.3 Å². The van der Waals surface area contributed by atoms with E-state index in [9.17, 15) is 0 Å². The lowest BCUT2D eigenvalue weighted by molar-refractivity contribution is 0.321. The van der Waals surface area contributed by atoms with Crippen LogP contribution in [0.15, 0.2) is 18.2 Å². The molecule has 3 nitrogen and oxygen atoms in total. The van der Waals surface area contributed by atoms with E-state index in [2.05, 4.69) is 32.0 Å². The molecule has 0 aliphatic carbocycles. The molecule has 4 heteroatoms. The van der Waals surface area contributed by atoms with E-state index in [0.717, 1.165) is 24.3 Å². The molecule has 0 amide bonds. The summed E-state index contributed by atoms with van der Waals surface area (Å²) in [6.07, 6.45) is 6.30. The minimum atomic E-state index is 0. The first kappa shape index (κ1) is 18.6. The quantitative estimate of drug-likeness (QED) is 0.782. The number of ether oxygens (including phenoxy) is 2. The monoisotopic (exact) mass is 297 g/mol.